The van der Waals surface area contributed by atoms with Crippen molar-refractivity contribution in [3.63, 3.8) is 0 Å². The molecule has 0 aliphatic carbocycles. The first-order valence-electron chi connectivity index (χ1n) is 5.10. The summed E-state index contributed by atoms with van der Waals surface area (Å²) >= 11 is 1.87. The lowest BCUT2D eigenvalue weighted by Gasteiger charge is -1.98. The lowest BCUT2D eigenvalue weighted by Crippen LogP contribution is -2.02. The number of benzene rings is 1. The van der Waals surface area contributed by atoms with Gasteiger partial charge in [-0.1, -0.05) is 30.3 Å². The zero-order chi connectivity index (χ0) is 10.7. The van der Waals surface area contributed by atoms with Crippen LogP contribution in [-0.2, 0) is 6.54 Å². The molecule has 0 unspecified atom stereocenters. The van der Waals surface area contributed by atoms with Crippen LogP contribution < -0.4 is 5.32 Å². The van der Waals surface area contributed by atoms with Crippen molar-refractivity contribution < 1.29 is 0 Å². The van der Waals surface area contributed by atoms with Crippen molar-refractivity contribution in [2.75, 3.05) is 7.05 Å². The molecule has 1 N–H and O–H groups in total. The van der Waals surface area contributed by atoms with Gasteiger partial charge in [-0.3, -0.25) is 0 Å². The first-order valence-corrected chi connectivity index (χ1v) is 5.92. The summed E-state index contributed by atoms with van der Waals surface area (Å²) in [6.45, 7) is 3.14. The monoisotopic (exact) mass is 217 g/mol. The highest BCUT2D eigenvalue weighted by molar-refractivity contribution is 7.15. The average molecular weight is 217 g/mol. The molecule has 0 aliphatic rings. The molecule has 2 rings (SSSR count). The van der Waals surface area contributed by atoms with Crippen LogP contribution >= 0.6 is 11.3 Å². The van der Waals surface area contributed by atoms with E-state index in [0.29, 0.717) is 0 Å². The van der Waals surface area contributed by atoms with Gasteiger partial charge in [-0.2, -0.15) is 0 Å². The van der Waals surface area contributed by atoms with Gasteiger partial charge in [-0.15, -0.1) is 11.3 Å². The van der Waals surface area contributed by atoms with Gasteiger partial charge in [0, 0.05) is 16.3 Å². The van der Waals surface area contributed by atoms with Crippen LogP contribution in [0.25, 0.3) is 10.4 Å². The van der Waals surface area contributed by atoms with Crippen molar-refractivity contribution in [1.82, 2.24) is 5.32 Å². The molecule has 0 saturated carbocycles. The van der Waals surface area contributed by atoms with Crippen molar-refractivity contribution in [1.29, 1.82) is 0 Å². The molecular weight excluding hydrogens is 202 g/mol. The summed E-state index contributed by atoms with van der Waals surface area (Å²) in [6, 6.07) is 12.8. The largest absolute Gasteiger partial charge is 0.315 e. The van der Waals surface area contributed by atoms with Crippen molar-refractivity contribution in [2.24, 2.45) is 0 Å². The maximum Gasteiger partial charge on any atom is 0.0375 e. The minimum absolute atomic E-state index is 0.957. The Hall–Kier alpha value is -1.12. The van der Waals surface area contributed by atoms with Crippen LogP contribution in [0.4, 0.5) is 0 Å². The lowest BCUT2D eigenvalue weighted by molar-refractivity contribution is 0.831. The average Bonchev–Trinajstić information content (AvgIpc) is 2.61. The molecule has 0 aliphatic heterocycles. The van der Waals surface area contributed by atoms with Crippen molar-refractivity contribution in [2.45, 2.75) is 13.5 Å². The molecule has 0 bridgehead atoms. The van der Waals surface area contributed by atoms with Gasteiger partial charge in [0.2, 0.25) is 0 Å². The van der Waals surface area contributed by atoms with Crippen LogP contribution in [0.15, 0.2) is 36.4 Å². The Morgan fingerprint density at radius 2 is 1.93 bits per heavy atom. The molecule has 0 atom stereocenters. The molecule has 0 saturated heterocycles. The highest BCUT2D eigenvalue weighted by atomic mass is 32.1. The summed E-state index contributed by atoms with van der Waals surface area (Å²) in [5, 5.41) is 3.19. The Bertz CT molecular complexity index is 431. The summed E-state index contributed by atoms with van der Waals surface area (Å²) in [7, 11) is 1.98. The van der Waals surface area contributed by atoms with Gasteiger partial charge < -0.3 is 5.32 Å². The zero-order valence-corrected chi connectivity index (χ0v) is 9.90. The van der Waals surface area contributed by atoms with E-state index in [2.05, 4.69) is 48.6 Å². The Balaban J connectivity index is 2.36. The number of rotatable bonds is 3. The van der Waals surface area contributed by atoms with Gasteiger partial charge in [0.25, 0.3) is 0 Å². The van der Waals surface area contributed by atoms with Gasteiger partial charge in [-0.05, 0) is 31.2 Å². The zero-order valence-electron chi connectivity index (χ0n) is 9.08. The van der Waals surface area contributed by atoms with E-state index in [1.165, 1.54) is 20.9 Å². The number of hydrogen-bond acceptors (Lipinski definition) is 2. The van der Waals surface area contributed by atoms with E-state index in [9.17, 15) is 0 Å². The molecule has 1 aromatic carbocycles. The summed E-state index contributed by atoms with van der Waals surface area (Å²) in [6.07, 6.45) is 0. The molecule has 15 heavy (non-hydrogen) atoms. The summed E-state index contributed by atoms with van der Waals surface area (Å²) < 4.78 is 0. The third-order valence-corrected chi connectivity index (χ3v) is 3.64. The molecule has 1 aromatic heterocycles. The fourth-order valence-electron chi connectivity index (χ4n) is 1.69. The molecule has 78 valence electrons. The quantitative estimate of drug-likeness (QED) is 0.830. The molecule has 2 aromatic rings. The molecule has 1 heterocycles. The van der Waals surface area contributed by atoms with E-state index >= 15 is 0 Å². The minimum Gasteiger partial charge on any atom is -0.315 e. The van der Waals surface area contributed by atoms with E-state index < -0.39 is 0 Å². The molecule has 0 amide bonds. The van der Waals surface area contributed by atoms with Gasteiger partial charge in [0.1, 0.15) is 0 Å². The Kier molecular flexibility index (Phi) is 3.19. The van der Waals surface area contributed by atoms with E-state index in [4.69, 9.17) is 0 Å². The van der Waals surface area contributed by atoms with Crippen LogP contribution in [0, 0.1) is 6.92 Å². The third-order valence-electron chi connectivity index (χ3n) is 2.36. The Morgan fingerprint density at radius 3 is 2.60 bits per heavy atom. The lowest BCUT2D eigenvalue weighted by atomic mass is 10.1. The van der Waals surface area contributed by atoms with Crippen molar-refractivity contribution in [3.8, 4) is 10.4 Å². The second-order valence-corrected chi connectivity index (χ2v) is 4.76. The second-order valence-electron chi connectivity index (χ2n) is 3.62. The predicted octanol–water partition coefficient (Wildman–Crippen LogP) is 3.44. The van der Waals surface area contributed by atoms with E-state index in [1.807, 2.05) is 18.4 Å². The fourth-order valence-corrected chi connectivity index (χ4v) is 2.87. The van der Waals surface area contributed by atoms with Crippen LogP contribution in [0.2, 0.25) is 0 Å². The smallest absolute Gasteiger partial charge is 0.0375 e. The summed E-state index contributed by atoms with van der Waals surface area (Å²) in [4.78, 5) is 2.79. The van der Waals surface area contributed by atoms with E-state index in [1.54, 1.807) is 0 Å². The van der Waals surface area contributed by atoms with Crippen LogP contribution in [0.5, 0.6) is 0 Å². The van der Waals surface area contributed by atoms with E-state index in [0.717, 1.165) is 6.54 Å². The van der Waals surface area contributed by atoms with Crippen LogP contribution in [-0.4, -0.2) is 7.05 Å². The highest BCUT2D eigenvalue weighted by Gasteiger charge is 2.06. The highest BCUT2D eigenvalue weighted by Crippen LogP contribution is 2.31. The number of hydrogen-bond donors (Lipinski definition) is 1. The van der Waals surface area contributed by atoms with Crippen molar-refractivity contribution in [3.05, 3.63) is 46.8 Å². The first kappa shape index (κ1) is 10.4. The summed E-state index contributed by atoms with van der Waals surface area (Å²) in [5.41, 5.74) is 2.69. The molecule has 0 fully saturated rings. The minimum atomic E-state index is 0.957. The maximum absolute atomic E-state index is 3.19. The number of nitrogens with one attached hydrogen (secondary N) is 1. The van der Waals surface area contributed by atoms with Crippen LogP contribution in [0.3, 0.4) is 0 Å². The molecular formula is C13H15NS. The first-order chi connectivity index (χ1) is 7.31. The topological polar surface area (TPSA) is 12.0 Å². The van der Waals surface area contributed by atoms with Crippen molar-refractivity contribution >= 4 is 11.3 Å². The molecule has 2 heteroatoms. The second kappa shape index (κ2) is 4.60. The normalized spacial score (nSPS) is 10.5. The van der Waals surface area contributed by atoms with E-state index in [-0.39, 0.29) is 0 Å². The Labute approximate surface area is 94.8 Å². The number of thiophene rings is 1. The maximum atomic E-state index is 3.19. The predicted molar refractivity (Wildman–Crippen MR) is 67.3 cm³/mol. The van der Waals surface area contributed by atoms with Gasteiger partial charge in [0.15, 0.2) is 0 Å². The Morgan fingerprint density at radius 1 is 1.20 bits per heavy atom. The van der Waals surface area contributed by atoms with Gasteiger partial charge in [0.05, 0.1) is 0 Å². The fraction of sp³-hybridized carbons (Fsp3) is 0.231. The SMILES string of the molecule is CNCc1cc(C)c(-c2ccccc2)s1. The molecule has 0 spiro atoms. The summed E-state index contributed by atoms with van der Waals surface area (Å²) in [5.74, 6) is 0. The van der Waals surface area contributed by atoms with Gasteiger partial charge >= 0.3 is 0 Å². The standard InChI is InChI=1S/C13H15NS/c1-10-8-12(9-14-2)15-13(10)11-6-4-3-5-7-11/h3-8,14H,9H2,1-2H3. The third kappa shape index (κ3) is 2.28. The van der Waals surface area contributed by atoms with Gasteiger partial charge in [-0.25, -0.2) is 0 Å². The number of aryl methyl sites for hydroxylation is 1. The van der Waals surface area contributed by atoms with Crippen LogP contribution in [0.1, 0.15) is 10.4 Å². The molecule has 0 radical (unpaired) electrons. The molecule has 1 nitrogen and oxygen atoms in total.